The van der Waals surface area contributed by atoms with Crippen molar-refractivity contribution in [1.29, 1.82) is 0 Å². The van der Waals surface area contributed by atoms with Crippen LogP contribution in [-0.4, -0.2) is 43.9 Å². The number of anilines is 1. The molecule has 7 heteroatoms. The number of halogens is 3. The Morgan fingerprint density at radius 1 is 1.06 bits per heavy atom. The summed E-state index contributed by atoms with van der Waals surface area (Å²) in [6.45, 7) is 14.2. The minimum absolute atomic E-state index is 0.0863. The molecule has 2 aromatic rings. The Balaban J connectivity index is 0.00000129. The molecule has 1 unspecified atom stereocenters. The quantitative estimate of drug-likeness (QED) is 0.399. The predicted molar refractivity (Wildman–Crippen MR) is 132 cm³/mol. The Kier molecular flexibility index (Phi) is 11.7. The third-order valence-corrected chi connectivity index (χ3v) is 5.39. The maximum Gasteiger partial charge on any atom is 0.421 e. The van der Waals surface area contributed by atoms with Crippen molar-refractivity contribution in [2.75, 3.05) is 33.5 Å². The molecule has 4 nitrogen and oxygen atoms in total. The Bertz CT molecular complexity index is 853. The number of methoxy groups -OCH3 is 1. The SMILES string of the molecule is C=C.CCN(C)C.COc1cc(N)c(C)cc1C(O)(CC(C)(C)c1ccccc1)C(F)(F)F. The third kappa shape index (κ3) is 8.09. The van der Waals surface area contributed by atoms with Gasteiger partial charge < -0.3 is 20.5 Å². The highest BCUT2D eigenvalue weighted by atomic mass is 19.4. The van der Waals surface area contributed by atoms with E-state index in [9.17, 15) is 18.3 Å². The summed E-state index contributed by atoms with van der Waals surface area (Å²) >= 11 is 0. The molecule has 0 fully saturated rings. The standard InChI is InChI=1S/C20H24F3NO2.C4H11N.C2H4/c1-13-10-15(17(26-4)11-16(13)24)19(25,20(21,22)23)12-18(2,3)14-8-6-5-7-9-14;1-4-5(2)3;1-2/h5-11,25H,12,24H2,1-4H3;4H2,1-3H3;1-2H2. The van der Waals surface area contributed by atoms with Crippen molar-refractivity contribution in [3.05, 3.63) is 72.3 Å². The van der Waals surface area contributed by atoms with Gasteiger partial charge in [-0.25, -0.2) is 0 Å². The lowest BCUT2D eigenvalue weighted by molar-refractivity contribution is -0.274. The predicted octanol–water partition coefficient (Wildman–Crippen LogP) is 6.07. The first kappa shape index (κ1) is 30.5. The molecule has 33 heavy (non-hydrogen) atoms. The molecule has 0 aliphatic carbocycles. The Hall–Kier alpha value is -2.51. The average molecular weight is 469 g/mol. The minimum Gasteiger partial charge on any atom is -0.496 e. The maximum absolute atomic E-state index is 14.0. The lowest BCUT2D eigenvalue weighted by atomic mass is 9.72. The van der Waals surface area contributed by atoms with Gasteiger partial charge in [0.15, 0.2) is 5.60 Å². The van der Waals surface area contributed by atoms with Crippen molar-refractivity contribution in [2.45, 2.75) is 51.3 Å². The van der Waals surface area contributed by atoms with Crippen molar-refractivity contribution >= 4 is 5.69 Å². The molecular formula is C26H39F3N2O2. The normalized spacial score (nSPS) is 13.2. The molecule has 0 bridgehead atoms. The molecule has 1 atom stereocenters. The van der Waals surface area contributed by atoms with Crippen LogP contribution in [0.5, 0.6) is 5.75 Å². The highest BCUT2D eigenvalue weighted by Gasteiger charge is 2.58. The van der Waals surface area contributed by atoms with Gasteiger partial charge in [0.05, 0.1) is 7.11 Å². The molecule has 0 amide bonds. The van der Waals surface area contributed by atoms with Gasteiger partial charge >= 0.3 is 6.18 Å². The number of ether oxygens (including phenoxy) is 1. The number of rotatable bonds is 6. The van der Waals surface area contributed by atoms with E-state index in [-0.39, 0.29) is 11.3 Å². The van der Waals surface area contributed by atoms with Gasteiger partial charge in [-0.2, -0.15) is 13.2 Å². The maximum atomic E-state index is 14.0. The molecule has 3 N–H and O–H groups in total. The minimum atomic E-state index is -4.89. The van der Waals surface area contributed by atoms with E-state index >= 15 is 0 Å². The van der Waals surface area contributed by atoms with E-state index < -0.39 is 23.6 Å². The summed E-state index contributed by atoms with van der Waals surface area (Å²) in [5.74, 6) is -0.0863. The number of benzene rings is 2. The first-order chi connectivity index (χ1) is 15.2. The Morgan fingerprint density at radius 3 is 1.94 bits per heavy atom. The number of nitrogen functional groups attached to an aromatic ring is 1. The summed E-state index contributed by atoms with van der Waals surface area (Å²) < 4.78 is 47.2. The fourth-order valence-electron chi connectivity index (χ4n) is 3.18. The summed E-state index contributed by atoms with van der Waals surface area (Å²) in [4.78, 5) is 2.12. The van der Waals surface area contributed by atoms with Crippen LogP contribution in [0.1, 0.15) is 43.9 Å². The highest BCUT2D eigenvalue weighted by Crippen LogP contribution is 2.50. The molecule has 186 valence electrons. The molecule has 0 spiro atoms. The Morgan fingerprint density at radius 2 is 1.55 bits per heavy atom. The van der Waals surface area contributed by atoms with Crippen molar-refractivity contribution in [3.63, 3.8) is 0 Å². The fraction of sp³-hybridized carbons (Fsp3) is 0.462. The van der Waals surface area contributed by atoms with Gasteiger partial charge in [0, 0.05) is 17.3 Å². The number of aliphatic hydroxyl groups is 1. The molecule has 0 aliphatic rings. The van der Waals surface area contributed by atoms with Gasteiger partial charge in [-0.15, -0.1) is 13.2 Å². The smallest absolute Gasteiger partial charge is 0.421 e. The van der Waals surface area contributed by atoms with Crippen LogP contribution >= 0.6 is 0 Å². The van der Waals surface area contributed by atoms with E-state index in [0.29, 0.717) is 16.8 Å². The zero-order chi connectivity index (χ0) is 26.0. The number of alkyl halides is 3. The average Bonchev–Trinajstić information content (AvgIpc) is 2.76. The summed E-state index contributed by atoms with van der Waals surface area (Å²) in [5.41, 5.74) is 2.89. The molecule has 0 aromatic heterocycles. The number of nitrogens with two attached hydrogens (primary N) is 1. The van der Waals surface area contributed by atoms with E-state index in [1.165, 1.54) is 19.2 Å². The van der Waals surface area contributed by atoms with Gasteiger partial charge in [0.2, 0.25) is 0 Å². The number of hydrogen-bond acceptors (Lipinski definition) is 4. The second kappa shape index (κ2) is 12.7. The van der Waals surface area contributed by atoms with E-state index in [4.69, 9.17) is 10.5 Å². The van der Waals surface area contributed by atoms with Crippen molar-refractivity contribution in [1.82, 2.24) is 4.90 Å². The lowest BCUT2D eigenvalue weighted by Gasteiger charge is -2.39. The van der Waals surface area contributed by atoms with Gasteiger partial charge in [0.1, 0.15) is 5.75 Å². The van der Waals surface area contributed by atoms with Crippen LogP contribution in [0.25, 0.3) is 0 Å². The van der Waals surface area contributed by atoms with Crippen LogP contribution in [0.4, 0.5) is 18.9 Å². The summed E-state index contributed by atoms with van der Waals surface area (Å²) in [5, 5.41) is 10.9. The van der Waals surface area contributed by atoms with Crippen LogP contribution < -0.4 is 10.5 Å². The molecule has 0 heterocycles. The van der Waals surface area contributed by atoms with Crippen LogP contribution in [-0.2, 0) is 11.0 Å². The summed E-state index contributed by atoms with van der Waals surface area (Å²) in [6, 6.07) is 11.4. The first-order valence-electron chi connectivity index (χ1n) is 10.6. The largest absolute Gasteiger partial charge is 0.496 e. The van der Waals surface area contributed by atoms with Gasteiger partial charge in [-0.05, 0) is 56.6 Å². The number of aryl methyl sites for hydroxylation is 1. The van der Waals surface area contributed by atoms with Crippen LogP contribution in [0.2, 0.25) is 0 Å². The molecular weight excluding hydrogens is 429 g/mol. The van der Waals surface area contributed by atoms with Gasteiger partial charge in [-0.1, -0.05) is 51.1 Å². The lowest BCUT2D eigenvalue weighted by Crippen LogP contribution is -2.46. The van der Waals surface area contributed by atoms with E-state index in [2.05, 4.69) is 39.1 Å². The van der Waals surface area contributed by atoms with E-state index in [0.717, 1.165) is 6.54 Å². The fourth-order valence-corrected chi connectivity index (χ4v) is 3.18. The van der Waals surface area contributed by atoms with Gasteiger partial charge in [0.25, 0.3) is 0 Å². The molecule has 0 radical (unpaired) electrons. The third-order valence-electron chi connectivity index (χ3n) is 5.39. The Labute approximate surface area is 196 Å². The van der Waals surface area contributed by atoms with Crippen LogP contribution in [0.15, 0.2) is 55.6 Å². The monoisotopic (exact) mass is 468 g/mol. The van der Waals surface area contributed by atoms with E-state index in [1.807, 2.05) is 0 Å². The summed E-state index contributed by atoms with van der Waals surface area (Å²) in [7, 11) is 5.37. The zero-order valence-corrected chi connectivity index (χ0v) is 20.9. The van der Waals surface area contributed by atoms with Crippen molar-refractivity contribution < 1.29 is 23.0 Å². The number of nitrogens with zero attached hydrogens (tertiary/aromatic N) is 1. The molecule has 2 rings (SSSR count). The highest BCUT2D eigenvalue weighted by molar-refractivity contribution is 5.56. The van der Waals surface area contributed by atoms with Crippen LogP contribution in [0.3, 0.4) is 0 Å². The zero-order valence-electron chi connectivity index (χ0n) is 20.9. The molecule has 0 saturated heterocycles. The number of hydrogen-bond donors (Lipinski definition) is 2. The van der Waals surface area contributed by atoms with Crippen molar-refractivity contribution in [3.8, 4) is 5.75 Å². The molecule has 0 saturated carbocycles. The molecule has 0 aliphatic heterocycles. The first-order valence-corrected chi connectivity index (χ1v) is 10.6. The van der Waals surface area contributed by atoms with Crippen LogP contribution in [0, 0.1) is 6.92 Å². The van der Waals surface area contributed by atoms with Crippen molar-refractivity contribution in [2.24, 2.45) is 0 Å². The topological polar surface area (TPSA) is 58.7 Å². The van der Waals surface area contributed by atoms with Gasteiger partial charge in [-0.3, -0.25) is 0 Å². The molecule has 2 aromatic carbocycles. The van der Waals surface area contributed by atoms with E-state index in [1.54, 1.807) is 51.1 Å². The second-order valence-corrected chi connectivity index (χ2v) is 8.59. The second-order valence-electron chi connectivity index (χ2n) is 8.59. The summed E-state index contributed by atoms with van der Waals surface area (Å²) in [6.07, 6.45) is -5.46.